The summed E-state index contributed by atoms with van der Waals surface area (Å²) >= 11 is 0. The average Bonchev–Trinajstić information content (AvgIpc) is 2.82. The van der Waals surface area contributed by atoms with Crippen molar-refractivity contribution in [3.8, 4) is 11.5 Å². The van der Waals surface area contributed by atoms with Crippen molar-refractivity contribution in [3.63, 3.8) is 0 Å². The summed E-state index contributed by atoms with van der Waals surface area (Å²) in [7, 11) is -4.16. The van der Waals surface area contributed by atoms with Gasteiger partial charge in [0.1, 0.15) is 13.2 Å². The van der Waals surface area contributed by atoms with E-state index in [0.717, 1.165) is 17.7 Å². The predicted molar refractivity (Wildman–Crippen MR) is 117 cm³/mol. The molecule has 7 nitrogen and oxygen atoms in total. The van der Waals surface area contributed by atoms with Gasteiger partial charge >= 0.3 is 6.18 Å². The summed E-state index contributed by atoms with van der Waals surface area (Å²) in [6, 6.07) is 14.2. The minimum absolute atomic E-state index is 0.201. The van der Waals surface area contributed by atoms with E-state index in [1.54, 1.807) is 18.2 Å². The van der Waals surface area contributed by atoms with Crippen LogP contribution in [0, 0.1) is 0 Å². The fraction of sp³-hybridized carbons (Fsp3) is 0.174. The number of hydrogen-bond donors (Lipinski definition) is 2. The quantitative estimate of drug-likeness (QED) is 0.538. The second-order valence-electron chi connectivity index (χ2n) is 7.37. The molecule has 1 aliphatic rings. The SMILES string of the molecule is O=C(NCc1ccc2c(c1)OCCO2)c1ccc(S(=O)(=O)Nc2cccc(C(F)(F)F)c2)cc1. The number of amides is 1. The van der Waals surface area contributed by atoms with Gasteiger partial charge < -0.3 is 14.8 Å². The van der Waals surface area contributed by atoms with Gasteiger partial charge in [-0.2, -0.15) is 13.2 Å². The van der Waals surface area contributed by atoms with Crippen LogP contribution in [0.5, 0.6) is 11.5 Å². The Morgan fingerprint density at radius 2 is 1.62 bits per heavy atom. The number of alkyl halides is 3. The lowest BCUT2D eigenvalue weighted by atomic mass is 10.1. The molecule has 0 bridgehead atoms. The zero-order chi connectivity index (χ0) is 24.3. The second kappa shape index (κ2) is 9.26. The Labute approximate surface area is 193 Å². The number of benzene rings is 3. The molecule has 0 atom stereocenters. The van der Waals surface area contributed by atoms with Crippen molar-refractivity contribution in [3.05, 3.63) is 83.4 Å². The predicted octanol–water partition coefficient (Wildman–Crippen LogP) is 4.21. The smallest absolute Gasteiger partial charge is 0.416 e. The van der Waals surface area contributed by atoms with Gasteiger partial charge in [0.25, 0.3) is 15.9 Å². The third-order valence-electron chi connectivity index (χ3n) is 4.93. The molecule has 0 saturated carbocycles. The van der Waals surface area contributed by atoms with Crippen LogP contribution in [-0.2, 0) is 22.7 Å². The van der Waals surface area contributed by atoms with E-state index >= 15 is 0 Å². The molecule has 1 heterocycles. The molecule has 0 fully saturated rings. The number of anilines is 1. The molecule has 4 rings (SSSR count). The van der Waals surface area contributed by atoms with Gasteiger partial charge in [-0.1, -0.05) is 12.1 Å². The summed E-state index contributed by atoms with van der Waals surface area (Å²) in [5, 5.41) is 2.73. The Balaban J connectivity index is 1.40. The first-order valence-electron chi connectivity index (χ1n) is 10.1. The van der Waals surface area contributed by atoms with Gasteiger partial charge in [-0.3, -0.25) is 9.52 Å². The van der Waals surface area contributed by atoms with E-state index < -0.39 is 27.7 Å². The second-order valence-corrected chi connectivity index (χ2v) is 9.05. The molecule has 0 unspecified atom stereocenters. The van der Waals surface area contributed by atoms with Crippen LogP contribution < -0.4 is 19.5 Å². The zero-order valence-corrected chi connectivity index (χ0v) is 18.4. The molecule has 3 aromatic rings. The van der Waals surface area contributed by atoms with Crippen molar-refractivity contribution >= 4 is 21.6 Å². The highest BCUT2D eigenvalue weighted by molar-refractivity contribution is 7.92. The molecule has 1 amide bonds. The molecule has 0 aliphatic carbocycles. The van der Waals surface area contributed by atoms with E-state index in [9.17, 15) is 26.4 Å². The van der Waals surface area contributed by atoms with Crippen LogP contribution in [0.15, 0.2) is 71.6 Å². The molecule has 0 saturated heterocycles. The van der Waals surface area contributed by atoms with E-state index in [-0.39, 0.29) is 22.7 Å². The summed E-state index contributed by atoms with van der Waals surface area (Å²) in [5.41, 5.74) is -0.188. The lowest BCUT2D eigenvalue weighted by molar-refractivity contribution is -0.137. The van der Waals surface area contributed by atoms with Crippen LogP contribution in [-0.4, -0.2) is 27.5 Å². The van der Waals surface area contributed by atoms with Crippen LogP contribution in [0.2, 0.25) is 0 Å². The zero-order valence-electron chi connectivity index (χ0n) is 17.6. The molecule has 3 aromatic carbocycles. The summed E-state index contributed by atoms with van der Waals surface area (Å²) < 4.78 is 76.8. The lowest BCUT2D eigenvalue weighted by Crippen LogP contribution is -2.23. The highest BCUT2D eigenvalue weighted by atomic mass is 32.2. The van der Waals surface area contributed by atoms with Crippen LogP contribution >= 0.6 is 0 Å². The van der Waals surface area contributed by atoms with E-state index in [1.807, 2.05) is 0 Å². The number of halogens is 3. The third kappa shape index (κ3) is 5.42. The van der Waals surface area contributed by atoms with Gasteiger partial charge in [-0.05, 0) is 60.2 Å². The number of fused-ring (bicyclic) bond motifs is 1. The maximum absolute atomic E-state index is 12.9. The van der Waals surface area contributed by atoms with Crippen molar-refractivity contribution in [2.24, 2.45) is 0 Å². The molecule has 11 heteroatoms. The highest BCUT2D eigenvalue weighted by Crippen LogP contribution is 2.32. The first-order chi connectivity index (χ1) is 16.1. The van der Waals surface area contributed by atoms with Crippen molar-refractivity contribution in [1.82, 2.24) is 5.32 Å². The van der Waals surface area contributed by atoms with Gasteiger partial charge in [0.05, 0.1) is 10.5 Å². The normalized spacial score (nSPS) is 13.3. The van der Waals surface area contributed by atoms with Gasteiger partial charge in [-0.15, -0.1) is 0 Å². The van der Waals surface area contributed by atoms with E-state index in [1.165, 1.54) is 30.3 Å². The summed E-state index contributed by atoms with van der Waals surface area (Å²) in [6.45, 7) is 1.14. The van der Waals surface area contributed by atoms with Crippen LogP contribution in [0.25, 0.3) is 0 Å². The van der Waals surface area contributed by atoms with Crippen molar-refractivity contribution in [1.29, 1.82) is 0 Å². The maximum Gasteiger partial charge on any atom is 0.416 e. The van der Waals surface area contributed by atoms with Crippen LogP contribution in [0.3, 0.4) is 0 Å². The Hall–Kier alpha value is -3.73. The summed E-state index contributed by atoms with van der Waals surface area (Å²) in [4.78, 5) is 12.3. The van der Waals surface area contributed by atoms with Gasteiger partial charge in [-0.25, -0.2) is 8.42 Å². The molecule has 178 valence electrons. The van der Waals surface area contributed by atoms with Gasteiger partial charge in [0, 0.05) is 17.8 Å². The fourth-order valence-electron chi connectivity index (χ4n) is 3.24. The molecule has 0 aromatic heterocycles. The Bertz CT molecular complexity index is 1310. The number of hydrogen-bond acceptors (Lipinski definition) is 5. The number of rotatable bonds is 6. The lowest BCUT2D eigenvalue weighted by Gasteiger charge is -2.19. The first kappa shape index (κ1) is 23.4. The third-order valence-corrected chi connectivity index (χ3v) is 6.33. The van der Waals surface area contributed by atoms with E-state index in [0.29, 0.717) is 30.8 Å². The van der Waals surface area contributed by atoms with Gasteiger partial charge in [0.15, 0.2) is 11.5 Å². The van der Waals surface area contributed by atoms with Crippen molar-refractivity contribution < 1.29 is 35.9 Å². The number of carbonyl (C=O) groups excluding carboxylic acids is 1. The van der Waals surface area contributed by atoms with Gasteiger partial charge in [0.2, 0.25) is 0 Å². The maximum atomic E-state index is 12.9. The Morgan fingerprint density at radius 3 is 2.32 bits per heavy atom. The van der Waals surface area contributed by atoms with Crippen molar-refractivity contribution in [2.75, 3.05) is 17.9 Å². The number of sulfonamides is 1. The largest absolute Gasteiger partial charge is 0.486 e. The van der Waals surface area contributed by atoms with Crippen LogP contribution in [0.1, 0.15) is 21.5 Å². The van der Waals surface area contributed by atoms with E-state index in [2.05, 4.69) is 10.0 Å². The number of nitrogens with one attached hydrogen (secondary N) is 2. The topological polar surface area (TPSA) is 93.7 Å². The minimum Gasteiger partial charge on any atom is -0.486 e. The average molecular weight is 492 g/mol. The minimum atomic E-state index is -4.60. The van der Waals surface area contributed by atoms with E-state index in [4.69, 9.17) is 9.47 Å². The highest BCUT2D eigenvalue weighted by Gasteiger charge is 2.30. The monoisotopic (exact) mass is 492 g/mol. The molecular formula is C23H19F3N2O5S. The first-order valence-corrected chi connectivity index (χ1v) is 11.6. The molecule has 0 spiro atoms. The summed E-state index contributed by atoms with van der Waals surface area (Å²) in [5.74, 6) is 0.808. The molecule has 2 N–H and O–H groups in total. The Kier molecular flexibility index (Phi) is 6.38. The summed E-state index contributed by atoms with van der Waals surface area (Å²) in [6.07, 6.45) is -4.60. The molecule has 0 radical (unpaired) electrons. The molecule has 1 aliphatic heterocycles. The molecular weight excluding hydrogens is 473 g/mol. The number of ether oxygens (including phenoxy) is 2. The van der Waals surface area contributed by atoms with Crippen LogP contribution in [0.4, 0.5) is 18.9 Å². The number of carbonyl (C=O) groups is 1. The standard InChI is InChI=1S/C23H19F3N2O5S/c24-23(25,26)17-2-1-3-18(13-17)28-34(30,31)19-7-5-16(6-8-19)22(29)27-14-15-4-9-20-21(12-15)33-11-10-32-20/h1-9,12-13,28H,10-11,14H2,(H,27,29). The Morgan fingerprint density at radius 1 is 0.912 bits per heavy atom. The molecule has 34 heavy (non-hydrogen) atoms. The van der Waals surface area contributed by atoms with Crippen molar-refractivity contribution in [2.45, 2.75) is 17.6 Å². The fourth-order valence-corrected chi connectivity index (χ4v) is 4.29.